The van der Waals surface area contributed by atoms with Crippen molar-refractivity contribution in [2.45, 2.75) is 40.5 Å². The minimum Gasteiger partial charge on any atom is -0.375 e. The van der Waals surface area contributed by atoms with Crippen molar-refractivity contribution in [2.24, 2.45) is 0 Å². The molecule has 0 saturated carbocycles. The van der Waals surface area contributed by atoms with E-state index in [-0.39, 0.29) is 5.91 Å². The molecule has 3 N–H and O–H groups in total. The SMILES string of the molecule is Cc1cc(C)c(C)c(C(=O)NCCCc2csc(N)n2)c1C. The summed E-state index contributed by atoms with van der Waals surface area (Å²) in [7, 11) is 0. The van der Waals surface area contributed by atoms with Crippen LogP contribution in [0.25, 0.3) is 0 Å². The summed E-state index contributed by atoms with van der Waals surface area (Å²) in [5, 5.41) is 5.58. The minimum absolute atomic E-state index is 0.0135. The lowest BCUT2D eigenvalue weighted by molar-refractivity contribution is 0.0951. The van der Waals surface area contributed by atoms with Crippen LogP contribution in [0, 0.1) is 27.7 Å². The summed E-state index contributed by atoms with van der Waals surface area (Å²) in [6.07, 6.45) is 1.69. The topological polar surface area (TPSA) is 68.0 Å². The maximum absolute atomic E-state index is 12.5. The van der Waals surface area contributed by atoms with Gasteiger partial charge in [-0.25, -0.2) is 4.98 Å². The summed E-state index contributed by atoms with van der Waals surface area (Å²) in [6, 6.07) is 2.13. The number of anilines is 1. The van der Waals surface area contributed by atoms with Gasteiger partial charge in [0.05, 0.1) is 5.69 Å². The largest absolute Gasteiger partial charge is 0.375 e. The van der Waals surface area contributed by atoms with E-state index in [0.717, 1.165) is 46.4 Å². The number of thiazole rings is 1. The molecule has 0 atom stereocenters. The molecule has 1 aromatic heterocycles. The minimum atomic E-state index is 0.0135. The first kappa shape index (κ1) is 16.5. The average Bonchev–Trinajstić information content (AvgIpc) is 2.87. The summed E-state index contributed by atoms with van der Waals surface area (Å²) in [4.78, 5) is 16.7. The second kappa shape index (κ2) is 6.92. The molecule has 0 fully saturated rings. The van der Waals surface area contributed by atoms with Gasteiger partial charge in [0.2, 0.25) is 0 Å². The van der Waals surface area contributed by atoms with E-state index in [4.69, 9.17) is 5.73 Å². The fourth-order valence-electron chi connectivity index (χ4n) is 2.55. The summed E-state index contributed by atoms with van der Waals surface area (Å²) >= 11 is 1.45. The fourth-order valence-corrected chi connectivity index (χ4v) is 3.15. The molecule has 118 valence electrons. The zero-order chi connectivity index (χ0) is 16.3. The second-order valence-corrected chi connectivity index (χ2v) is 6.56. The zero-order valence-electron chi connectivity index (χ0n) is 13.6. The molecule has 5 heteroatoms. The zero-order valence-corrected chi connectivity index (χ0v) is 14.4. The van der Waals surface area contributed by atoms with Gasteiger partial charge in [0.1, 0.15) is 0 Å². The van der Waals surface area contributed by atoms with Gasteiger partial charge in [0.15, 0.2) is 5.13 Å². The summed E-state index contributed by atoms with van der Waals surface area (Å²) < 4.78 is 0. The number of carbonyl (C=O) groups is 1. The molecule has 1 heterocycles. The van der Waals surface area contributed by atoms with E-state index in [2.05, 4.69) is 16.4 Å². The maximum atomic E-state index is 12.5. The van der Waals surface area contributed by atoms with E-state index in [0.29, 0.717) is 11.7 Å². The number of carbonyl (C=O) groups excluding carboxylic acids is 1. The van der Waals surface area contributed by atoms with E-state index >= 15 is 0 Å². The smallest absolute Gasteiger partial charge is 0.251 e. The van der Waals surface area contributed by atoms with Gasteiger partial charge in [-0.3, -0.25) is 4.79 Å². The van der Waals surface area contributed by atoms with Crippen LogP contribution < -0.4 is 11.1 Å². The first-order valence-electron chi connectivity index (χ1n) is 7.45. The summed E-state index contributed by atoms with van der Waals surface area (Å²) in [5.41, 5.74) is 11.9. The lowest BCUT2D eigenvalue weighted by atomic mass is 9.94. The molecule has 0 aliphatic heterocycles. The highest BCUT2D eigenvalue weighted by molar-refractivity contribution is 7.13. The number of benzene rings is 1. The Morgan fingerprint density at radius 2 is 1.86 bits per heavy atom. The quantitative estimate of drug-likeness (QED) is 0.831. The summed E-state index contributed by atoms with van der Waals surface area (Å²) in [5.74, 6) is 0.0135. The first-order valence-corrected chi connectivity index (χ1v) is 8.33. The Morgan fingerprint density at radius 3 is 2.41 bits per heavy atom. The average molecular weight is 317 g/mol. The molecule has 22 heavy (non-hydrogen) atoms. The van der Waals surface area contributed by atoms with E-state index < -0.39 is 0 Å². The van der Waals surface area contributed by atoms with Crippen LogP contribution in [0.5, 0.6) is 0 Å². The van der Waals surface area contributed by atoms with Crippen molar-refractivity contribution < 1.29 is 4.79 Å². The van der Waals surface area contributed by atoms with E-state index in [1.165, 1.54) is 11.3 Å². The van der Waals surface area contributed by atoms with Gasteiger partial charge in [0.25, 0.3) is 5.91 Å². The molecule has 0 saturated heterocycles. The van der Waals surface area contributed by atoms with Gasteiger partial charge in [-0.2, -0.15) is 0 Å². The number of aromatic nitrogens is 1. The van der Waals surface area contributed by atoms with Crippen LogP contribution in [0.2, 0.25) is 0 Å². The Morgan fingerprint density at radius 1 is 1.23 bits per heavy atom. The van der Waals surface area contributed by atoms with Gasteiger partial charge in [-0.05, 0) is 62.8 Å². The van der Waals surface area contributed by atoms with Gasteiger partial charge in [-0.15, -0.1) is 11.3 Å². The van der Waals surface area contributed by atoms with Gasteiger partial charge < -0.3 is 11.1 Å². The van der Waals surface area contributed by atoms with Crippen LogP contribution in [-0.4, -0.2) is 17.4 Å². The van der Waals surface area contributed by atoms with E-state index in [9.17, 15) is 4.79 Å². The number of rotatable bonds is 5. The van der Waals surface area contributed by atoms with Crippen LogP contribution in [0.15, 0.2) is 11.4 Å². The lowest BCUT2D eigenvalue weighted by Crippen LogP contribution is -2.27. The normalized spacial score (nSPS) is 10.7. The highest BCUT2D eigenvalue weighted by Crippen LogP contribution is 2.21. The summed E-state index contributed by atoms with van der Waals surface area (Å²) in [6.45, 7) is 8.75. The molecule has 1 amide bonds. The highest BCUT2D eigenvalue weighted by atomic mass is 32.1. The molecule has 2 aromatic rings. The Hall–Kier alpha value is -1.88. The molecule has 2 rings (SSSR count). The van der Waals surface area contributed by atoms with Crippen LogP contribution in [0.3, 0.4) is 0 Å². The molecule has 1 aromatic carbocycles. The standard InChI is InChI=1S/C17H23N3OS/c1-10-8-11(2)13(4)15(12(10)3)16(21)19-7-5-6-14-9-22-17(18)20-14/h8-9H,5-7H2,1-4H3,(H2,18,20)(H,19,21). The lowest BCUT2D eigenvalue weighted by Gasteiger charge is -2.15. The monoisotopic (exact) mass is 317 g/mol. The van der Waals surface area contributed by atoms with Crippen molar-refractivity contribution in [3.8, 4) is 0 Å². The van der Waals surface area contributed by atoms with Gasteiger partial charge in [-0.1, -0.05) is 6.07 Å². The first-order chi connectivity index (χ1) is 10.4. The third kappa shape index (κ3) is 3.65. The van der Waals surface area contributed by atoms with Crippen molar-refractivity contribution in [3.05, 3.63) is 45.0 Å². The predicted molar refractivity (Wildman–Crippen MR) is 92.6 cm³/mol. The number of aryl methyl sites for hydroxylation is 3. The molecule has 0 spiro atoms. The van der Waals surface area contributed by atoms with Crippen molar-refractivity contribution in [2.75, 3.05) is 12.3 Å². The van der Waals surface area contributed by atoms with Gasteiger partial charge >= 0.3 is 0 Å². The van der Waals surface area contributed by atoms with E-state index in [1.807, 2.05) is 33.1 Å². The Bertz CT molecular complexity index is 665. The number of nitrogens with zero attached hydrogens (tertiary/aromatic N) is 1. The van der Waals surface area contributed by atoms with E-state index in [1.54, 1.807) is 0 Å². The number of hydrogen-bond donors (Lipinski definition) is 2. The molecule has 4 nitrogen and oxygen atoms in total. The van der Waals surface area contributed by atoms with Crippen LogP contribution in [-0.2, 0) is 6.42 Å². The maximum Gasteiger partial charge on any atom is 0.251 e. The number of hydrogen-bond acceptors (Lipinski definition) is 4. The van der Waals surface area contributed by atoms with Crippen molar-refractivity contribution in [1.29, 1.82) is 0 Å². The second-order valence-electron chi connectivity index (χ2n) is 5.67. The third-order valence-corrected chi connectivity index (χ3v) is 4.78. The van der Waals surface area contributed by atoms with Crippen molar-refractivity contribution in [1.82, 2.24) is 10.3 Å². The highest BCUT2D eigenvalue weighted by Gasteiger charge is 2.15. The molecular formula is C17H23N3OS. The number of nitrogens with two attached hydrogens (primary N) is 1. The third-order valence-electron chi connectivity index (χ3n) is 4.06. The van der Waals surface area contributed by atoms with Crippen molar-refractivity contribution >= 4 is 22.4 Å². The van der Waals surface area contributed by atoms with Gasteiger partial charge in [0, 0.05) is 17.5 Å². The molecule has 0 bridgehead atoms. The van der Waals surface area contributed by atoms with Crippen LogP contribution >= 0.6 is 11.3 Å². The van der Waals surface area contributed by atoms with Crippen LogP contribution in [0.1, 0.15) is 44.7 Å². The molecule has 0 unspecified atom stereocenters. The Balaban J connectivity index is 1.95. The number of nitrogens with one attached hydrogen (secondary N) is 1. The van der Waals surface area contributed by atoms with Crippen LogP contribution in [0.4, 0.5) is 5.13 Å². The number of nitrogen functional groups attached to an aromatic ring is 1. The predicted octanol–water partition coefficient (Wildman–Crippen LogP) is 3.32. The molecule has 0 aliphatic carbocycles. The molecular weight excluding hydrogens is 294 g/mol. The molecule has 0 aliphatic rings. The Kier molecular flexibility index (Phi) is 5.19. The van der Waals surface area contributed by atoms with Crippen molar-refractivity contribution in [3.63, 3.8) is 0 Å². The fraction of sp³-hybridized carbons (Fsp3) is 0.412. The number of amides is 1. The Labute approximate surface area is 135 Å². The molecule has 0 radical (unpaired) electrons.